The molecule has 0 fully saturated rings. The van der Waals surface area contributed by atoms with Gasteiger partial charge in [0, 0.05) is 13.2 Å². The molecule has 0 heterocycles. The summed E-state index contributed by atoms with van der Waals surface area (Å²) < 4.78 is 4.83. The standard InChI is InChI=1S/C4H10O.Ba/c1-3-5-4-2;/h3-4H2,1-2H3;/q;+2. The molecule has 0 aliphatic carbocycles. The minimum absolute atomic E-state index is 0. The molecule has 0 aliphatic rings. The van der Waals surface area contributed by atoms with E-state index in [1.54, 1.807) is 0 Å². The zero-order valence-corrected chi connectivity index (χ0v) is 8.97. The van der Waals surface area contributed by atoms with E-state index in [4.69, 9.17) is 4.74 Å². The molecule has 0 rings (SSSR count). The molecule has 2 heteroatoms. The zero-order valence-electron chi connectivity index (χ0n) is 4.53. The van der Waals surface area contributed by atoms with Gasteiger partial charge in [-0.25, -0.2) is 0 Å². The van der Waals surface area contributed by atoms with Crippen LogP contribution in [0.5, 0.6) is 0 Å². The SMILES string of the molecule is CCOCC.[Ba+2]. The van der Waals surface area contributed by atoms with Gasteiger partial charge < -0.3 is 4.74 Å². The molecular formula is C4H10BaO+2. The van der Waals surface area contributed by atoms with Crippen molar-refractivity contribution in [3.63, 3.8) is 0 Å². The summed E-state index contributed by atoms with van der Waals surface area (Å²) in [6, 6.07) is 0. The molecule has 32 valence electrons. The fraction of sp³-hybridized carbons (Fsp3) is 1.00. The second-order valence-corrected chi connectivity index (χ2v) is 0.781. The summed E-state index contributed by atoms with van der Waals surface area (Å²) in [5.74, 6) is 0. The maximum Gasteiger partial charge on any atom is 2.00 e. The van der Waals surface area contributed by atoms with E-state index < -0.39 is 0 Å². The second kappa shape index (κ2) is 9.73. The summed E-state index contributed by atoms with van der Waals surface area (Å²) in [6.45, 7) is 5.67. The van der Waals surface area contributed by atoms with Crippen LogP contribution in [0.2, 0.25) is 0 Å². The van der Waals surface area contributed by atoms with Crippen LogP contribution in [0.15, 0.2) is 0 Å². The van der Waals surface area contributed by atoms with Gasteiger partial charge in [0.15, 0.2) is 0 Å². The number of rotatable bonds is 2. The molecular weight excluding hydrogens is 201 g/mol. The summed E-state index contributed by atoms with van der Waals surface area (Å²) >= 11 is 0. The van der Waals surface area contributed by atoms with Gasteiger partial charge in [-0.05, 0) is 13.8 Å². The fourth-order valence-corrected chi connectivity index (χ4v) is 0.204. The van der Waals surface area contributed by atoms with Gasteiger partial charge in [-0.2, -0.15) is 0 Å². The van der Waals surface area contributed by atoms with Crippen LogP contribution in [0.25, 0.3) is 0 Å². The quantitative estimate of drug-likeness (QED) is 0.610. The third-order valence-corrected chi connectivity index (χ3v) is 0.408. The molecule has 0 bridgehead atoms. The van der Waals surface area contributed by atoms with E-state index >= 15 is 0 Å². The molecule has 0 aromatic rings. The third-order valence-electron chi connectivity index (χ3n) is 0.408. The Balaban J connectivity index is 0. The second-order valence-electron chi connectivity index (χ2n) is 0.781. The molecule has 0 unspecified atom stereocenters. The first kappa shape index (κ1) is 10.5. The Labute approximate surface area is 79.5 Å². The normalized spacial score (nSPS) is 7.00. The topological polar surface area (TPSA) is 9.23 Å². The molecule has 0 N–H and O–H groups in total. The fourth-order valence-electron chi connectivity index (χ4n) is 0.204. The molecule has 6 heavy (non-hydrogen) atoms. The maximum atomic E-state index is 4.83. The minimum Gasteiger partial charge on any atom is -0.382 e. The van der Waals surface area contributed by atoms with Crippen molar-refractivity contribution in [2.24, 2.45) is 0 Å². The van der Waals surface area contributed by atoms with Gasteiger partial charge in [0.1, 0.15) is 0 Å². The van der Waals surface area contributed by atoms with Gasteiger partial charge in [0.25, 0.3) is 0 Å². The Morgan fingerprint density at radius 1 is 1.17 bits per heavy atom. The first-order valence-corrected chi connectivity index (χ1v) is 1.99. The maximum absolute atomic E-state index is 4.83. The van der Waals surface area contributed by atoms with Crippen molar-refractivity contribution in [2.45, 2.75) is 13.8 Å². The number of ether oxygens (including phenoxy) is 1. The summed E-state index contributed by atoms with van der Waals surface area (Å²) in [7, 11) is 0. The molecule has 0 saturated heterocycles. The molecule has 0 amide bonds. The zero-order chi connectivity index (χ0) is 4.12. The minimum atomic E-state index is 0. The van der Waals surface area contributed by atoms with Crippen LogP contribution in [0.1, 0.15) is 13.8 Å². The van der Waals surface area contributed by atoms with E-state index in [2.05, 4.69) is 0 Å². The van der Waals surface area contributed by atoms with Crippen molar-refractivity contribution in [2.75, 3.05) is 13.2 Å². The van der Waals surface area contributed by atoms with Gasteiger partial charge >= 0.3 is 48.9 Å². The van der Waals surface area contributed by atoms with E-state index in [1.165, 1.54) is 0 Å². The van der Waals surface area contributed by atoms with Gasteiger partial charge in [-0.1, -0.05) is 0 Å². The van der Waals surface area contributed by atoms with Gasteiger partial charge in [-0.15, -0.1) is 0 Å². The molecule has 0 saturated carbocycles. The Kier molecular flexibility index (Phi) is 17.0. The Hall–Kier alpha value is 1.53. The summed E-state index contributed by atoms with van der Waals surface area (Å²) in [6.07, 6.45) is 0. The van der Waals surface area contributed by atoms with Crippen molar-refractivity contribution < 1.29 is 4.74 Å². The van der Waals surface area contributed by atoms with Crippen LogP contribution >= 0.6 is 0 Å². The van der Waals surface area contributed by atoms with E-state index in [-0.39, 0.29) is 48.9 Å². The molecule has 0 radical (unpaired) electrons. The van der Waals surface area contributed by atoms with Crippen molar-refractivity contribution in [1.82, 2.24) is 0 Å². The van der Waals surface area contributed by atoms with E-state index in [1.807, 2.05) is 13.8 Å². The van der Waals surface area contributed by atoms with Crippen molar-refractivity contribution in [3.05, 3.63) is 0 Å². The summed E-state index contributed by atoms with van der Waals surface area (Å²) in [4.78, 5) is 0. The average molecular weight is 211 g/mol. The van der Waals surface area contributed by atoms with Crippen LogP contribution in [-0.4, -0.2) is 62.1 Å². The van der Waals surface area contributed by atoms with Crippen LogP contribution in [0.3, 0.4) is 0 Å². The molecule has 0 aromatic heterocycles. The van der Waals surface area contributed by atoms with Crippen LogP contribution in [0.4, 0.5) is 0 Å². The van der Waals surface area contributed by atoms with Crippen molar-refractivity contribution >= 4 is 48.9 Å². The Morgan fingerprint density at radius 3 is 1.50 bits per heavy atom. The third kappa shape index (κ3) is 9.11. The first-order valence-electron chi connectivity index (χ1n) is 1.99. The van der Waals surface area contributed by atoms with Crippen LogP contribution in [-0.2, 0) is 4.74 Å². The molecule has 0 spiro atoms. The van der Waals surface area contributed by atoms with E-state index in [0.29, 0.717) is 0 Å². The summed E-state index contributed by atoms with van der Waals surface area (Å²) in [5, 5.41) is 0. The van der Waals surface area contributed by atoms with Gasteiger partial charge in [0.2, 0.25) is 0 Å². The average Bonchev–Trinajstić information content (AvgIpc) is 1.41. The predicted octanol–water partition coefficient (Wildman–Crippen LogP) is 0.662. The Morgan fingerprint density at radius 2 is 1.50 bits per heavy atom. The Bertz CT molecular complexity index is 15.0. The largest absolute Gasteiger partial charge is 2.00 e. The molecule has 1 nitrogen and oxygen atoms in total. The van der Waals surface area contributed by atoms with E-state index in [9.17, 15) is 0 Å². The smallest absolute Gasteiger partial charge is 0.382 e. The first-order chi connectivity index (χ1) is 2.41. The van der Waals surface area contributed by atoms with Crippen molar-refractivity contribution in [3.8, 4) is 0 Å². The molecule has 0 aromatic carbocycles. The predicted molar refractivity (Wildman–Crippen MR) is 27.9 cm³/mol. The van der Waals surface area contributed by atoms with E-state index in [0.717, 1.165) is 13.2 Å². The summed E-state index contributed by atoms with van der Waals surface area (Å²) in [5.41, 5.74) is 0. The van der Waals surface area contributed by atoms with Crippen LogP contribution < -0.4 is 0 Å². The molecule has 0 atom stereocenters. The van der Waals surface area contributed by atoms with Gasteiger partial charge in [-0.3, -0.25) is 0 Å². The molecule has 0 aliphatic heterocycles. The monoisotopic (exact) mass is 212 g/mol. The van der Waals surface area contributed by atoms with Gasteiger partial charge in [0.05, 0.1) is 0 Å². The number of hydrogen-bond acceptors (Lipinski definition) is 1. The van der Waals surface area contributed by atoms with Crippen LogP contribution in [0, 0.1) is 0 Å². The van der Waals surface area contributed by atoms with Crippen molar-refractivity contribution in [1.29, 1.82) is 0 Å². The number of hydrogen-bond donors (Lipinski definition) is 0.